The summed E-state index contributed by atoms with van der Waals surface area (Å²) in [6, 6.07) is -1.81. The van der Waals surface area contributed by atoms with Crippen molar-refractivity contribution in [3.63, 3.8) is 0 Å². The molecule has 2 aromatic rings. The maximum absolute atomic E-state index is 13.8. The molecule has 2 heterocycles. The quantitative estimate of drug-likeness (QED) is 0.175. The van der Waals surface area contributed by atoms with Crippen LogP contribution in [0.4, 0.5) is 5.82 Å². The zero-order valence-corrected chi connectivity index (χ0v) is 22.7. The number of aromatic nitrogens is 4. The highest BCUT2D eigenvalue weighted by Gasteiger charge is 2.33. The Morgan fingerprint density at radius 1 is 1.08 bits per heavy atom. The predicted molar refractivity (Wildman–Crippen MR) is 135 cm³/mol. The molecule has 202 valence electrons. The van der Waals surface area contributed by atoms with Crippen molar-refractivity contribution < 1.29 is 28.4 Å². The van der Waals surface area contributed by atoms with Crippen molar-refractivity contribution in [2.45, 2.75) is 85.2 Å². The Morgan fingerprint density at radius 3 is 2.39 bits per heavy atom. The van der Waals surface area contributed by atoms with E-state index < -0.39 is 37.6 Å². The molecule has 0 spiro atoms. The van der Waals surface area contributed by atoms with Gasteiger partial charge in [-0.2, -0.15) is 0 Å². The first-order valence-corrected chi connectivity index (χ1v) is 13.9. The molecular weight excluding hydrogens is 489 g/mol. The van der Waals surface area contributed by atoms with Crippen LogP contribution in [0.5, 0.6) is 0 Å². The molecule has 0 aliphatic heterocycles. The number of esters is 2. The number of fused-ring (bicyclic) bond motifs is 1. The largest absolute Gasteiger partial charge is 0.465 e. The van der Waals surface area contributed by atoms with Crippen LogP contribution in [0, 0.1) is 0 Å². The van der Waals surface area contributed by atoms with Crippen molar-refractivity contribution in [3.05, 3.63) is 12.7 Å². The lowest BCUT2D eigenvalue weighted by atomic mass is 10.3. The van der Waals surface area contributed by atoms with Crippen molar-refractivity contribution >= 4 is 36.4 Å². The van der Waals surface area contributed by atoms with Crippen molar-refractivity contribution in [2.24, 2.45) is 0 Å². The molecule has 4 atom stereocenters. The van der Waals surface area contributed by atoms with Gasteiger partial charge in [0.15, 0.2) is 11.5 Å². The number of carbonyl (C=O) groups excluding carboxylic acids is 2. The van der Waals surface area contributed by atoms with Crippen LogP contribution < -0.4 is 15.9 Å². The minimum Gasteiger partial charge on any atom is -0.465 e. The molecule has 0 fully saturated rings. The number of nitrogens with one attached hydrogen (secondary N) is 2. The molecule has 14 heteroatoms. The number of nitrogen functional groups attached to an aromatic ring is 1. The highest BCUT2D eigenvalue weighted by atomic mass is 31.2. The second kappa shape index (κ2) is 13.6. The lowest BCUT2D eigenvalue weighted by Crippen LogP contribution is -2.43. The van der Waals surface area contributed by atoms with Crippen LogP contribution in [0.1, 0.15) is 54.4 Å². The molecule has 0 aliphatic carbocycles. The highest BCUT2D eigenvalue weighted by molar-refractivity contribution is 7.59. The molecule has 0 saturated carbocycles. The van der Waals surface area contributed by atoms with Gasteiger partial charge < -0.3 is 24.5 Å². The summed E-state index contributed by atoms with van der Waals surface area (Å²) < 4.78 is 31.9. The van der Waals surface area contributed by atoms with Gasteiger partial charge in [-0.25, -0.2) is 25.1 Å². The highest BCUT2D eigenvalue weighted by Crippen LogP contribution is 2.38. The third kappa shape index (κ3) is 8.81. The van der Waals surface area contributed by atoms with E-state index in [0.29, 0.717) is 17.7 Å². The first kappa shape index (κ1) is 29.6. The third-order valence-electron chi connectivity index (χ3n) is 5.03. The van der Waals surface area contributed by atoms with E-state index >= 15 is 0 Å². The number of unbranched alkanes of at least 4 members (excludes halogenated alkanes) is 1. The number of hydrogen-bond donors (Lipinski definition) is 3. The SMILES string of the molecule is CCCCOC(=O)[C@H](C)N[P@](=O)(CO[C@H](C)Cn1cnc2c(N)ncnc21)N[C@@H](C)C(=O)OC(C)C. The smallest absolute Gasteiger partial charge is 0.323 e. The monoisotopic (exact) mass is 527 g/mol. The standard InChI is InChI=1S/C22H38N7O6P/c1-7-8-9-33-21(30)16(5)27-36(32,28-17(6)22(31)35-14(2)3)13-34-15(4)10-29-12-26-18-19(23)24-11-25-20(18)29/h11-12,14-17H,7-10,13H2,1-6H3,(H2,23,24,25)(H2,27,28,32)/t15-,16+,17+,36-/m1/s1. The van der Waals surface area contributed by atoms with E-state index in [1.54, 1.807) is 38.6 Å². The van der Waals surface area contributed by atoms with Gasteiger partial charge in [0.05, 0.1) is 31.7 Å². The molecule has 0 saturated heterocycles. The second-order valence-electron chi connectivity index (χ2n) is 8.88. The first-order chi connectivity index (χ1) is 17.0. The summed E-state index contributed by atoms with van der Waals surface area (Å²) in [7, 11) is -3.62. The van der Waals surface area contributed by atoms with Crippen LogP contribution >= 0.6 is 7.44 Å². The summed E-state index contributed by atoms with van der Waals surface area (Å²) in [6.07, 6.45) is 3.46. The fourth-order valence-corrected chi connectivity index (χ4v) is 5.36. The Hall–Kier alpha value is -2.60. The topological polar surface area (TPSA) is 173 Å². The Balaban J connectivity index is 2.09. The summed E-state index contributed by atoms with van der Waals surface area (Å²) in [5, 5.41) is 5.58. The molecule has 13 nitrogen and oxygen atoms in total. The Bertz CT molecular complexity index is 1060. The summed E-state index contributed by atoms with van der Waals surface area (Å²) >= 11 is 0. The number of nitrogens with two attached hydrogens (primary N) is 1. The minimum absolute atomic E-state index is 0.271. The van der Waals surface area contributed by atoms with Gasteiger partial charge in [0.25, 0.3) is 0 Å². The van der Waals surface area contributed by atoms with Crippen LogP contribution in [0.25, 0.3) is 11.2 Å². The average Bonchev–Trinajstić information content (AvgIpc) is 3.21. The van der Waals surface area contributed by atoms with E-state index in [1.165, 1.54) is 13.3 Å². The van der Waals surface area contributed by atoms with Gasteiger partial charge in [0, 0.05) is 0 Å². The summed E-state index contributed by atoms with van der Waals surface area (Å²) in [5.41, 5.74) is 6.86. The van der Waals surface area contributed by atoms with Crippen LogP contribution in [0.2, 0.25) is 0 Å². The second-order valence-corrected chi connectivity index (χ2v) is 11.1. The maximum atomic E-state index is 13.8. The van der Waals surface area contributed by atoms with E-state index in [1.807, 2.05) is 6.92 Å². The van der Waals surface area contributed by atoms with E-state index in [9.17, 15) is 14.2 Å². The van der Waals surface area contributed by atoms with E-state index in [4.69, 9.17) is 19.9 Å². The molecule has 4 N–H and O–H groups in total. The van der Waals surface area contributed by atoms with Gasteiger partial charge in [-0.15, -0.1) is 0 Å². The number of anilines is 1. The predicted octanol–water partition coefficient (Wildman–Crippen LogP) is 2.22. The zero-order valence-electron chi connectivity index (χ0n) is 21.8. The lowest BCUT2D eigenvalue weighted by molar-refractivity contribution is -0.149. The van der Waals surface area contributed by atoms with Gasteiger partial charge in [-0.05, 0) is 41.0 Å². The Labute approximate surface area is 211 Å². The zero-order chi connectivity index (χ0) is 26.9. The maximum Gasteiger partial charge on any atom is 0.323 e. The summed E-state index contributed by atoms with van der Waals surface area (Å²) in [4.78, 5) is 37.0. The number of carbonyl (C=O) groups is 2. The normalized spacial score (nSPS) is 15.9. The average molecular weight is 528 g/mol. The molecule has 0 unspecified atom stereocenters. The van der Waals surface area contributed by atoms with E-state index in [-0.39, 0.29) is 24.9 Å². The number of nitrogens with zero attached hydrogens (tertiary/aromatic N) is 4. The van der Waals surface area contributed by atoms with Crippen LogP contribution in [-0.2, 0) is 34.9 Å². The molecule has 0 bridgehead atoms. The van der Waals surface area contributed by atoms with E-state index in [2.05, 4.69) is 25.1 Å². The van der Waals surface area contributed by atoms with Gasteiger partial charge in [-0.1, -0.05) is 13.3 Å². The van der Waals surface area contributed by atoms with Gasteiger partial charge in [0.2, 0.25) is 7.44 Å². The molecule has 2 aromatic heterocycles. The van der Waals surface area contributed by atoms with Crippen molar-refractivity contribution in [1.29, 1.82) is 0 Å². The minimum atomic E-state index is -3.62. The number of ether oxygens (including phenoxy) is 3. The molecule has 0 aromatic carbocycles. The van der Waals surface area contributed by atoms with Gasteiger partial charge in [0.1, 0.15) is 30.3 Å². The van der Waals surface area contributed by atoms with Gasteiger partial charge in [-0.3, -0.25) is 14.2 Å². The van der Waals surface area contributed by atoms with Crippen LogP contribution in [-0.4, -0.2) is 68.7 Å². The third-order valence-corrected chi connectivity index (χ3v) is 7.15. The molecule has 2 rings (SSSR count). The van der Waals surface area contributed by atoms with Crippen LogP contribution in [0.15, 0.2) is 12.7 Å². The van der Waals surface area contributed by atoms with Crippen LogP contribution in [0.3, 0.4) is 0 Å². The van der Waals surface area contributed by atoms with Crippen molar-refractivity contribution in [3.8, 4) is 0 Å². The first-order valence-electron chi connectivity index (χ1n) is 12.0. The molecule has 36 heavy (non-hydrogen) atoms. The van der Waals surface area contributed by atoms with Crippen molar-refractivity contribution in [1.82, 2.24) is 29.7 Å². The summed E-state index contributed by atoms with van der Waals surface area (Å²) in [6.45, 7) is 10.9. The fourth-order valence-electron chi connectivity index (χ4n) is 3.21. The molecule has 0 radical (unpaired) electrons. The molecule has 0 amide bonds. The number of hydrogen-bond acceptors (Lipinski definition) is 10. The number of imidazole rings is 1. The molecular formula is C22H38N7O6P. The fraction of sp³-hybridized carbons (Fsp3) is 0.682. The molecule has 0 aliphatic rings. The Morgan fingerprint density at radius 2 is 1.75 bits per heavy atom. The Kier molecular flexibility index (Phi) is 11.2. The van der Waals surface area contributed by atoms with Gasteiger partial charge >= 0.3 is 11.9 Å². The van der Waals surface area contributed by atoms with E-state index in [0.717, 1.165) is 12.8 Å². The summed E-state index contributed by atoms with van der Waals surface area (Å²) in [5.74, 6) is -0.842. The lowest BCUT2D eigenvalue weighted by Gasteiger charge is -2.27. The number of rotatable bonds is 15. The van der Waals surface area contributed by atoms with Crippen molar-refractivity contribution in [2.75, 3.05) is 18.7 Å².